The van der Waals surface area contributed by atoms with Crippen LogP contribution in [-0.4, -0.2) is 8.07 Å². The molecule has 0 aromatic heterocycles. The number of hydrogen-bond donors (Lipinski definition) is 0. The summed E-state index contributed by atoms with van der Waals surface area (Å²) >= 11 is 1.74. The molecule has 0 saturated carbocycles. The predicted molar refractivity (Wildman–Crippen MR) is 68.6 cm³/mol. The van der Waals surface area contributed by atoms with Crippen molar-refractivity contribution in [3.8, 4) is 5.75 Å². The van der Waals surface area contributed by atoms with Crippen LogP contribution in [0.5, 0.6) is 5.75 Å². The molecule has 1 rings (SSSR count). The van der Waals surface area contributed by atoms with E-state index < -0.39 is 8.07 Å². The van der Waals surface area contributed by atoms with E-state index in [1.807, 2.05) is 0 Å². The Balaban J connectivity index is 3.27. The van der Waals surface area contributed by atoms with Crippen molar-refractivity contribution in [2.45, 2.75) is 45.8 Å². The zero-order valence-corrected chi connectivity index (χ0v) is 13.7. The van der Waals surface area contributed by atoms with Crippen LogP contribution in [0.25, 0.3) is 0 Å². The molecule has 3 heteroatoms. The average molecular weight is 269 g/mol. The second kappa shape index (κ2) is 4.67. The summed E-state index contributed by atoms with van der Waals surface area (Å²) in [6.07, 6.45) is 0. The standard InChI is InChI=1S/C13H22OSi.Ti/c1-10-7-11(14)9-12(8-10)15(5,6)13(2,3)4;/h7-9,14H,1-6H3;/q;+1/p-1. The molecule has 0 spiro atoms. The van der Waals surface area contributed by atoms with Crippen LogP contribution in [0.1, 0.15) is 26.3 Å². The maximum absolute atomic E-state index is 5.37. The summed E-state index contributed by atoms with van der Waals surface area (Å²) in [5.41, 5.74) is 1.29. The Bertz CT molecular complexity index is 380. The van der Waals surface area contributed by atoms with Gasteiger partial charge < -0.3 is 0 Å². The summed E-state index contributed by atoms with van der Waals surface area (Å²) < 4.78 is 5.37. The average Bonchev–Trinajstić information content (AvgIpc) is 2.15. The molecule has 16 heavy (non-hydrogen) atoms. The van der Waals surface area contributed by atoms with Gasteiger partial charge in [0.25, 0.3) is 0 Å². The summed E-state index contributed by atoms with van der Waals surface area (Å²) in [7, 11) is -1.44. The number of rotatable bonds is 2. The maximum atomic E-state index is 5.37. The Labute approximate surface area is 112 Å². The van der Waals surface area contributed by atoms with Crippen LogP contribution in [0.3, 0.4) is 0 Å². The monoisotopic (exact) mass is 269 g/mol. The molecule has 0 aliphatic carbocycles. The third-order valence-electron chi connectivity index (χ3n) is 3.77. The molecule has 0 bridgehead atoms. The molecule has 0 heterocycles. The molecule has 0 N–H and O–H groups in total. The molecule has 87 valence electrons. The van der Waals surface area contributed by atoms with Crippen molar-refractivity contribution >= 4 is 13.3 Å². The van der Waals surface area contributed by atoms with E-state index in [1.165, 1.54) is 10.8 Å². The molecule has 0 amide bonds. The first-order valence-electron chi connectivity index (χ1n) is 5.64. The number of hydrogen-bond acceptors (Lipinski definition) is 1. The Morgan fingerprint density at radius 2 is 1.69 bits per heavy atom. The second-order valence-corrected chi connectivity index (χ2v) is 11.7. The van der Waals surface area contributed by atoms with Crippen LogP contribution in [0.2, 0.25) is 18.1 Å². The molecule has 0 aliphatic heterocycles. The SMILES string of the molecule is Cc1cc([O][Ti])cc([Si](C)(C)C(C)(C)C)c1. The topological polar surface area (TPSA) is 9.23 Å². The van der Waals surface area contributed by atoms with Crippen molar-refractivity contribution in [2.75, 3.05) is 0 Å². The molecule has 0 atom stereocenters. The van der Waals surface area contributed by atoms with Gasteiger partial charge in [0.1, 0.15) is 0 Å². The van der Waals surface area contributed by atoms with Crippen LogP contribution in [0.15, 0.2) is 18.2 Å². The fourth-order valence-electron chi connectivity index (χ4n) is 1.60. The van der Waals surface area contributed by atoms with Crippen LogP contribution in [0.4, 0.5) is 0 Å². The fourth-order valence-corrected chi connectivity index (χ4v) is 3.74. The first-order valence-corrected chi connectivity index (χ1v) is 9.28. The zero-order chi connectivity index (χ0) is 12.6. The molecule has 0 aliphatic rings. The summed E-state index contributed by atoms with van der Waals surface area (Å²) in [6.45, 7) is 14.0. The Morgan fingerprint density at radius 3 is 2.12 bits per heavy atom. The van der Waals surface area contributed by atoms with Gasteiger partial charge in [0.2, 0.25) is 0 Å². The summed E-state index contributed by atoms with van der Waals surface area (Å²) in [6, 6.07) is 6.63. The third kappa shape index (κ3) is 2.79. The third-order valence-corrected chi connectivity index (χ3v) is 9.62. The van der Waals surface area contributed by atoms with Gasteiger partial charge in [-0.05, 0) is 0 Å². The molecule has 0 saturated heterocycles. The van der Waals surface area contributed by atoms with Gasteiger partial charge >= 0.3 is 113 Å². The summed E-state index contributed by atoms with van der Waals surface area (Å²) in [5, 5.41) is 1.85. The van der Waals surface area contributed by atoms with E-state index in [2.05, 4.69) is 59.0 Å². The van der Waals surface area contributed by atoms with Crippen molar-refractivity contribution in [2.24, 2.45) is 0 Å². The van der Waals surface area contributed by atoms with Crippen LogP contribution in [-0.2, 0) is 20.8 Å². The Hall–Kier alpha value is -0.0488. The van der Waals surface area contributed by atoms with Crippen molar-refractivity contribution < 1.29 is 24.1 Å². The molecule has 1 aromatic carbocycles. The van der Waals surface area contributed by atoms with E-state index in [4.69, 9.17) is 3.32 Å². The van der Waals surface area contributed by atoms with E-state index in [-0.39, 0.29) is 0 Å². The van der Waals surface area contributed by atoms with E-state index >= 15 is 0 Å². The molecule has 0 fully saturated rings. The van der Waals surface area contributed by atoms with Gasteiger partial charge in [-0.25, -0.2) is 0 Å². The van der Waals surface area contributed by atoms with Gasteiger partial charge in [0.05, 0.1) is 0 Å². The quantitative estimate of drug-likeness (QED) is 0.746. The van der Waals surface area contributed by atoms with Gasteiger partial charge in [-0.1, -0.05) is 0 Å². The van der Waals surface area contributed by atoms with Crippen LogP contribution >= 0.6 is 0 Å². The molecule has 1 aromatic rings. The van der Waals surface area contributed by atoms with Gasteiger partial charge in [0, 0.05) is 0 Å². The molecular formula is C13H21OSiTi. The minimum absolute atomic E-state index is 0.367. The van der Waals surface area contributed by atoms with E-state index in [0.29, 0.717) is 5.04 Å². The summed E-state index contributed by atoms with van der Waals surface area (Å²) in [5.74, 6) is 0.986. The van der Waals surface area contributed by atoms with Crippen LogP contribution in [0, 0.1) is 6.92 Å². The first kappa shape index (κ1) is 14.0. The normalized spacial score (nSPS) is 12.6. The molecular weight excluding hydrogens is 248 g/mol. The molecule has 1 nitrogen and oxygen atoms in total. The van der Waals surface area contributed by atoms with Crippen molar-refractivity contribution in [3.05, 3.63) is 23.8 Å². The van der Waals surface area contributed by atoms with E-state index in [1.54, 1.807) is 20.8 Å². The fraction of sp³-hybridized carbons (Fsp3) is 0.538. The van der Waals surface area contributed by atoms with Gasteiger partial charge in [-0.15, -0.1) is 0 Å². The second-order valence-electron chi connectivity index (χ2n) is 6.01. The number of aryl methyl sites for hydroxylation is 1. The Morgan fingerprint density at radius 1 is 1.12 bits per heavy atom. The molecule has 0 radical (unpaired) electrons. The van der Waals surface area contributed by atoms with Crippen molar-refractivity contribution in [1.82, 2.24) is 0 Å². The molecule has 0 unspecified atom stereocenters. The van der Waals surface area contributed by atoms with Crippen molar-refractivity contribution in [1.29, 1.82) is 0 Å². The van der Waals surface area contributed by atoms with Gasteiger partial charge in [0.15, 0.2) is 0 Å². The Kier molecular flexibility index (Phi) is 4.09. The first-order chi connectivity index (χ1) is 7.18. The van der Waals surface area contributed by atoms with Gasteiger partial charge in [-0.3, -0.25) is 0 Å². The number of benzene rings is 1. The van der Waals surface area contributed by atoms with Crippen LogP contribution < -0.4 is 8.51 Å². The van der Waals surface area contributed by atoms with E-state index in [9.17, 15) is 0 Å². The predicted octanol–water partition coefficient (Wildman–Crippen LogP) is 3.55. The zero-order valence-electron chi connectivity index (χ0n) is 11.1. The van der Waals surface area contributed by atoms with Crippen molar-refractivity contribution in [3.63, 3.8) is 0 Å². The van der Waals surface area contributed by atoms with Gasteiger partial charge in [-0.2, -0.15) is 0 Å². The van der Waals surface area contributed by atoms with E-state index in [0.717, 1.165) is 5.75 Å². The minimum atomic E-state index is -1.44. The summed E-state index contributed by atoms with van der Waals surface area (Å²) in [4.78, 5) is 0.